The maximum Gasteiger partial charge on any atom is 0.246 e. The first-order valence-corrected chi connectivity index (χ1v) is 9.90. The standard InChI is InChI=1S/C20H29N5O2/c1-4-5-13-27-18-11-9-17(10-12-18)20-21-23-24(22-20)14-19(26)25-15(2)7-6-8-16(25)3/h9-12,15-16H,4-8,13-14H2,1-3H3/t15-,16+. The van der Waals surface area contributed by atoms with E-state index >= 15 is 0 Å². The second kappa shape index (κ2) is 8.97. The van der Waals surface area contributed by atoms with Gasteiger partial charge in [-0.1, -0.05) is 13.3 Å². The Hall–Kier alpha value is -2.44. The summed E-state index contributed by atoms with van der Waals surface area (Å²) in [4.78, 5) is 16.0. The van der Waals surface area contributed by atoms with Gasteiger partial charge in [-0.3, -0.25) is 4.79 Å². The average molecular weight is 371 g/mol. The summed E-state index contributed by atoms with van der Waals surface area (Å²) in [6.07, 6.45) is 5.44. The van der Waals surface area contributed by atoms with E-state index in [-0.39, 0.29) is 24.5 Å². The van der Waals surface area contributed by atoms with Crippen LogP contribution in [0.4, 0.5) is 0 Å². The van der Waals surface area contributed by atoms with E-state index < -0.39 is 0 Å². The molecule has 7 heteroatoms. The number of hydrogen-bond acceptors (Lipinski definition) is 5. The molecule has 0 saturated carbocycles. The number of nitrogens with zero attached hydrogens (tertiary/aromatic N) is 5. The summed E-state index contributed by atoms with van der Waals surface area (Å²) in [6, 6.07) is 8.19. The number of carbonyl (C=O) groups is 1. The zero-order valence-electron chi connectivity index (χ0n) is 16.5. The summed E-state index contributed by atoms with van der Waals surface area (Å²) < 4.78 is 5.67. The highest BCUT2D eigenvalue weighted by atomic mass is 16.5. The number of aromatic nitrogens is 4. The Bertz CT molecular complexity index is 733. The molecule has 1 aromatic carbocycles. The maximum atomic E-state index is 12.7. The van der Waals surface area contributed by atoms with Crippen molar-refractivity contribution in [2.45, 2.75) is 71.5 Å². The van der Waals surface area contributed by atoms with Crippen molar-refractivity contribution in [1.29, 1.82) is 0 Å². The first-order chi connectivity index (χ1) is 13.1. The number of hydrogen-bond donors (Lipinski definition) is 0. The Labute approximate surface area is 160 Å². The Balaban J connectivity index is 1.61. The van der Waals surface area contributed by atoms with Crippen molar-refractivity contribution in [3.8, 4) is 17.1 Å². The fraction of sp³-hybridized carbons (Fsp3) is 0.600. The molecule has 1 fully saturated rings. The molecule has 1 aromatic heterocycles. The lowest BCUT2D eigenvalue weighted by molar-refractivity contribution is -0.138. The van der Waals surface area contributed by atoms with Gasteiger partial charge in [-0.2, -0.15) is 4.80 Å². The first kappa shape index (κ1) is 19.3. The quantitative estimate of drug-likeness (QED) is 0.698. The zero-order valence-corrected chi connectivity index (χ0v) is 16.5. The molecule has 1 aliphatic rings. The fourth-order valence-corrected chi connectivity index (χ4v) is 3.58. The van der Waals surface area contributed by atoms with Crippen molar-refractivity contribution in [3.63, 3.8) is 0 Å². The van der Waals surface area contributed by atoms with Crippen LogP contribution in [0.25, 0.3) is 11.4 Å². The number of carbonyl (C=O) groups excluding carboxylic acids is 1. The number of amides is 1. The Morgan fingerprint density at radius 2 is 1.89 bits per heavy atom. The van der Waals surface area contributed by atoms with Crippen LogP contribution in [-0.2, 0) is 11.3 Å². The summed E-state index contributed by atoms with van der Waals surface area (Å²) in [7, 11) is 0. The SMILES string of the molecule is CCCCOc1ccc(-c2nnn(CC(=O)N3[C@H](C)CCC[C@@H]3C)n2)cc1. The third-order valence-electron chi connectivity index (χ3n) is 5.09. The van der Waals surface area contributed by atoms with Crippen LogP contribution >= 0.6 is 0 Å². The van der Waals surface area contributed by atoms with E-state index in [1.165, 1.54) is 11.2 Å². The van der Waals surface area contributed by atoms with Gasteiger partial charge in [-0.25, -0.2) is 0 Å². The van der Waals surface area contributed by atoms with Gasteiger partial charge in [0.25, 0.3) is 0 Å². The van der Waals surface area contributed by atoms with Crippen molar-refractivity contribution in [1.82, 2.24) is 25.1 Å². The number of tetrazole rings is 1. The van der Waals surface area contributed by atoms with E-state index in [0.717, 1.165) is 43.6 Å². The fourth-order valence-electron chi connectivity index (χ4n) is 3.58. The minimum Gasteiger partial charge on any atom is -0.494 e. The minimum absolute atomic E-state index is 0.0540. The lowest BCUT2D eigenvalue weighted by atomic mass is 9.97. The molecule has 146 valence electrons. The molecule has 0 aliphatic carbocycles. The highest BCUT2D eigenvalue weighted by Gasteiger charge is 2.29. The highest BCUT2D eigenvalue weighted by Crippen LogP contribution is 2.23. The van der Waals surface area contributed by atoms with Crippen LogP contribution < -0.4 is 4.74 Å². The molecule has 0 unspecified atom stereocenters. The molecule has 7 nitrogen and oxygen atoms in total. The van der Waals surface area contributed by atoms with Crippen LogP contribution in [0.1, 0.15) is 52.9 Å². The minimum atomic E-state index is 0.0540. The van der Waals surface area contributed by atoms with Gasteiger partial charge in [0.1, 0.15) is 12.3 Å². The van der Waals surface area contributed by atoms with Crippen molar-refractivity contribution in [3.05, 3.63) is 24.3 Å². The van der Waals surface area contributed by atoms with E-state index in [1.54, 1.807) is 0 Å². The van der Waals surface area contributed by atoms with E-state index in [4.69, 9.17) is 4.74 Å². The normalized spacial score (nSPS) is 19.9. The topological polar surface area (TPSA) is 73.1 Å². The summed E-state index contributed by atoms with van der Waals surface area (Å²) in [5, 5.41) is 12.5. The Kier molecular flexibility index (Phi) is 6.42. The van der Waals surface area contributed by atoms with Gasteiger partial charge >= 0.3 is 0 Å². The molecule has 0 bridgehead atoms. The highest BCUT2D eigenvalue weighted by molar-refractivity contribution is 5.76. The third-order valence-corrected chi connectivity index (χ3v) is 5.09. The van der Waals surface area contributed by atoms with Gasteiger partial charge in [0.15, 0.2) is 0 Å². The molecule has 27 heavy (non-hydrogen) atoms. The predicted molar refractivity (Wildman–Crippen MR) is 103 cm³/mol. The zero-order chi connectivity index (χ0) is 19.2. The molecule has 0 spiro atoms. The van der Waals surface area contributed by atoms with Crippen LogP contribution in [0.5, 0.6) is 5.75 Å². The van der Waals surface area contributed by atoms with Gasteiger partial charge in [0, 0.05) is 17.6 Å². The van der Waals surface area contributed by atoms with Crippen LogP contribution in [-0.4, -0.2) is 49.7 Å². The largest absolute Gasteiger partial charge is 0.494 e. The number of ether oxygens (including phenoxy) is 1. The van der Waals surface area contributed by atoms with Crippen LogP contribution in [0.2, 0.25) is 0 Å². The van der Waals surface area contributed by atoms with E-state index in [2.05, 4.69) is 36.2 Å². The first-order valence-electron chi connectivity index (χ1n) is 9.90. The lowest BCUT2D eigenvalue weighted by Gasteiger charge is -2.38. The molecule has 0 N–H and O–H groups in total. The molecule has 1 aliphatic heterocycles. The van der Waals surface area contributed by atoms with Crippen LogP contribution in [0.3, 0.4) is 0 Å². The number of unbranched alkanes of at least 4 members (excludes halogenated alkanes) is 1. The monoisotopic (exact) mass is 371 g/mol. The van der Waals surface area contributed by atoms with Gasteiger partial charge in [-0.15, -0.1) is 10.2 Å². The smallest absolute Gasteiger partial charge is 0.246 e. The maximum absolute atomic E-state index is 12.7. The van der Waals surface area contributed by atoms with E-state index in [1.807, 2.05) is 29.2 Å². The Morgan fingerprint density at radius 3 is 2.56 bits per heavy atom. The molecular formula is C20H29N5O2. The van der Waals surface area contributed by atoms with Crippen molar-refractivity contribution >= 4 is 5.91 Å². The molecule has 2 heterocycles. The molecule has 3 rings (SSSR count). The number of rotatable bonds is 7. The summed E-state index contributed by atoms with van der Waals surface area (Å²) in [5.41, 5.74) is 0.858. The molecule has 1 amide bonds. The van der Waals surface area contributed by atoms with Crippen LogP contribution in [0.15, 0.2) is 24.3 Å². The lowest BCUT2D eigenvalue weighted by Crippen LogP contribution is -2.48. The van der Waals surface area contributed by atoms with Crippen molar-refractivity contribution in [2.24, 2.45) is 0 Å². The van der Waals surface area contributed by atoms with Crippen LogP contribution in [0, 0.1) is 0 Å². The second-order valence-corrected chi connectivity index (χ2v) is 7.30. The number of benzene rings is 1. The van der Waals surface area contributed by atoms with E-state index in [9.17, 15) is 4.79 Å². The summed E-state index contributed by atoms with van der Waals surface area (Å²) >= 11 is 0. The van der Waals surface area contributed by atoms with Crippen molar-refractivity contribution < 1.29 is 9.53 Å². The molecule has 0 radical (unpaired) electrons. The van der Waals surface area contributed by atoms with Gasteiger partial charge in [0.05, 0.1) is 6.61 Å². The van der Waals surface area contributed by atoms with Gasteiger partial charge in [0.2, 0.25) is 11.7 Å². The number of likely N-dealkylation sites (tertiary alicyclic amines) is 1. The molecule has 2 aromatic rings. The van der Waals surface area contributed by atoms with E-state index in [0.29, 0.717) is 5.82 Å². The number of piperidine rings is 1. The van der Waals surface area contributed by atoms with Gasteiger partial charge < -0.3 is 9.64 Å². The van der Waals surface area contributed by atoms with Crippen molar-refractivity contribution in [2.75, 3.05) is 6.61 Å². The van der Waals surface area contributed by atoms with Gasteiger partial charge in [-0.05, 0) is 69.0 Å². The predicted octanol–water partition coefficient (Wildman–Crippen LogP) is 3.31. The molecular weight excluding hydrogens is 342 g/mol. The molecule has 2 atom stereocenters. The third kappa shape index (κ3) is 4.84. The Morgan fingerprint density at radius 1 is 1.19 bits per heavy atom. The second-order valence-electron chi connectivity index (χ2n) is 7.30. The molecule has 1 saturated heterocycles. The average Bonchev–Trinajstić information content (AvgIpc) is 3.11. The summed E-state index contributed by atoms with van der Waals surface area (Å²) in [6.45, 7) is 7.20. The summed E-state index contributed by atoms with van der Waals surface area (Å²) in [5.74, 6) is 1.41.